The minimum absolute atomic E-state index is 0.0334. The molecule has 3 aliphatic carbocycles. The van der Waals surface area contributed by atoms with Gasteiger partial charge in [-0.1, -0.05) is 11.6 Å². The first-order valence-electron chi connectivity index (χ1n) is 10.7. The normalized spacial score (nSPS) is 32.0. The zero-order valence-corrected chi connectivity index (χ0v) is 18.3. The molecule has 1 aliphatic heterocycles. The molecule has 2 bridgehead atoms. The molecule has 7 nitrogen and oxygen atoms in total. The predicted octanol–water partition coefficient (Wildman–Crippen LogP) is 2.17. The van der Waals surface area contributed by atoms with E-state index < -0.39 is 0 Å². The summed E-state index contributed by atoms with van der Waals surface area (Å²) in [6.45, 7) is 4.73. The number of nitrogens with one attached hydrogen (secondary N) is 3. The van der Waals surface area contributed by atoms with Crippen molar-refractivity contribution in [3.8, 4) is 5.75 Å². The highest BCUT2D eigenvalue weighted by Gasteiger charge is 2.69. The Balaban J connectivity index is 1.15. The second-order valence-corrected chi connectivity index (χ2v) is 9.65. The molecule has 0 aromatic heterocycles. The summed E-state index contributed by atoms with van der Waals surface area (Å²) in [6.07, 6.45) is 4.40. The molecule has 30 heavy (non-hydrogen) atoms. The van der Waals surface area contributed by atoms with E-state index in [9.17, 15) is 9.59 Å². The number of halogens is 1. The molecule has 8 heteroatoms. The number of piperidine rings is 1. The quantitative estimate of drug-likeness (QED) is 0.582. The van der Waals surface area contributed by atoms with Gasteiger partial charge in [-0.05, 0) is 70.2 Å². The van der Waals surface area contributed by atoms with Crippen molar-refractivity contribution in [2.24, 2.45) is 0 Å². The van der Waals surface area contributed by atoms with Crippen LogP contribution in [0.3, 0.4) is 0 Å². The van der Waals surface area contributed by atoms with Crippen molar-refractivity contribution in [2.45, 2.75) is 75.3 Å². The lowest BCUT2D eigenvalue weighted by Gasteiger charge is -2.70. The van der Waals surface area contributed by atoms with Crippen LogP contribution in [0, 0.1) is 0 Å². The molecule has 4 aliphatic rings. The van der Waals surface area contributed by atoms with Crippen molar-refractivity contribution in [1.82, 2.24) is 16.0 Å². The Labute approximate surface area is 182 Å². The second kappa shape index (κ2) is 8.36. The molecule has 1 aromatic rings. The molecule has 0 radical (unpaired) electrons. The summed E-state index contributed by atoms with van der Waals surface area (Å²) >= 11 is 5.84. The number of hydrogen-bond donors (Lipinski definition) is 3. The number of rotatable bonds is 8. The van der Waals surface area contributed by atoms with Crippen molar-refractivity contribution in [2.75, 3.05) is 13.2 Å². The van der Waals surface area contributed by atoms with Crippen LogP contribution in [0.25, 0.3) is 0 Å². The van der Waals surface area contributed by atoms with Gasteiger partial charge in [0.1, 0.15) is 5.75 Å². The summed E-state index contributed by atoms with van der Waals surface area (Å²) in [5, 5.41) is 10.2. The van der Waals surface area contributed by atoms with Gasteiger partial charge < -0.3 is 25.4 Å². The van der Waals surface area contributed by atoms with Gasteiger partial charge in [0.2, 0.25) is 5.91 Å². The summed E-state index contributed by atoms with van der Waals surface area (Å²) in [7, 11) is 0. The van der Waals surface area contributed by atoms with E-state index in [0.29, 0.717) is 17.3 Å². The Bertz CT molecular complexity index is 770. The average molecular weight is 436 g/mol. The van der Waals surface area contributed by atoms with Gasteiger partial charge in [-0.3, -0.25) is 9.59 Å². The SMILES string of the molecule is CC(C)OC1CCC(C(=O)NC23CC(NC(=O)COc4ccc(Cl)cc4)(C2)C3)NC1. The Hall–Kier alpha value is -1.83. The third kappa shape index (κ3) is 4.74. The van der Waals surface area contributed by atoms with Crippen LogP contribution < -0.4 is 20.7 Å². The molecule has 2 amide bonds. The molecule has 4 fully saturated rings. The van der Waals surface area contributed by atoms with Crippen LogP contribution in [0.1, 0.15) is 46.0 Å². The molecule has 164 valence electrons. The maximum absolute atomic E-state index is 12.6. The summed E-state index contributed by atoms with van der Waals surface area (Å²) in [5.41, 5.74) is -0.349. The smallest absolute Gasteiger partial charge is 0.258 e. The zero-order chi connectivity index (χ0) is 21.4. The van der Waals surface area contributed by atoms with Gasteiger partial charge in [-0.25, -0.2) is 0 Å². The Morgan fingerprint density at radius 3 is 2.40 bits per heavy atom. The van der Waals surface area contributed by atoms with Crippen molar-refractivity contribution in [1.29, 1.82) is 0 Å². The van der Waals surface area contributed by atoms with E-state index in [4.69, 9.17) is 21.1 Å². The molecule has 1 saturated heterocycles. The monoisotopic (exact) mass is 435 g/mol. The Kier molecular flexibility index (Phi) is 5.97. The largest absolute Gasteiger partial charge is 0.484 e. The molecular weight excluding hydrogens is 406 g/mol. The van der Waals surface area contributed by atoms with Gasteiger partial charge in [-0.2, -0.15) is 0 Å². The first-order chi connectivity index (χ1) is 14.3. The first kappa shape index (κ1) is 21.4. The van der Waals surface area contributed by atoms with Gasteiger partial charge in [-0.15, -0.1) is 0 Å². The summed E-state index contributed by atoms with van der Waals surface area (Å²) in [5.74, 6) is 0.523. The fourth-order valence-electron chi connectivity index (χ4n) is 4.97. The van der Waals surface area contributed by atoms with Crippen LogP contribution in [-0.4, -0.2) is 54.3 Å². The Morgan fingerprint density at radius 1 is 1.13 bits per heavy atom. The van der Waals surface area contributed by atoms with Gasteiger partial charge in [0.05, 0.1) is 18.2 Å². The molecular formula is C22H30ClN3O4. The molecule has 3 saturated carbocycles. The number of carbonyl (C=O) groups excluding carboxylic acids is 2. The molecule has 5 rings (SSSR count). The van der Waals surface area contributed by atoms with Crippen LogP contribution in [0.4, 0.5) is 0 Å². The number of hydrogen-bond acceptors (Lipinski definition) is 5. The van der Waals surface area contributed by atoms with Gasteiger partial charge in [0, 0.05) is 22.6 Å². The van der Waals surface area contributed by atoms with Crippen molar-refractivity contribution in [3.63, 3.8) is 0 Å². The van der Waals surface area contributed by atoms with E-state index in [0.717, 1.165) is 32.1 Å². The fourth-order valence-corrected chi connectivity index (χ4v) is 5.09. The highest BCUT2D eigenvalue weighted by atomic mass is 35.5. The lowest BCUT2D eigenvalue weighted by Crippen LogP contribution is -2.84. The molecule has 1 heterocycles. The lowest BCUT2D eigenvalue weighted by molar-refractivity contribution is -0.152. The van der Waals surface area contributed by atoms with E-state index in [1.54, 1.807) is 24.3 Å². The summed E-state index contributed by atoms with van der Waals surface area (Å²) in [6, 6.07) is 6.75. The minimum Gasteiger partial charge on any atom is -0.484 e. The standard InChI is InChI=1S/C22H30ClN3O4/c1-14(2)30-17-7-8-18(24-9-17)20(28)26-22-11-21(12-22,13-22)25-19(27)10-29-16-5-3-15(23)4-6-16/h3-6,14,17-18,24H,7-13H2,1-2H3,(H,25,27)(H,26,28). The van der Waals surface area contributed by atoms with Crippen LogP contribution in [-0.2, 0) is 14.3 Å². The summed E-state index contributed by atoms with van der Waals surface area (Å²) < 4.78 is 11.3. The average Bonchev–Trinajstić information content (AvgIpc) is 2.65. The van der Waals surface area contributed by atoms with Crippen molar-refractivity contribution < 1.29 is 19.1 Å². The van der Waals surface area contributed by atoms with E-state index in [1.807, 2.05) is 13.8 Å². The predicted molar refractivity (Wildman–Crippen MR) is 114 cm³/mol. The van der Waals surface area contributed by atoms with Crippen LogP contribution in [0.2, 0.25) is 5.02 Å². The van der Waals surface area contributed by atoms with E-state index in [2.05, 4.69) is 16.0 Å². The van der Waals surface area contributed by atoms with E-state index >= 15 is 0 Å². The third-order valence-electron chi connectivity index (χ3n) is 6.16. The second-order valence-electron chi connectivity index (χ2n) is 9.22. The third-order valence-corrected chi connectivity index (χ3v) is 6.41. The van der Waals surface area contributed by atoms with Crippen LogP contribution in [0.15, 0.2) is 24.3 Å². The number of ether oxygens (including phenoxy) is 2. The fraction of sp³-hybridized carbons (Fsp3) is 0.636. The molecule has 1 aromatic carbocycles. The number of benzene rings is 1. The van der Waals surface area contributed by atoms with Gasteiger partial charge in [0.15, 0.2) is 6.61 Å². The first-order valence-corrected chi connectivity index (χ1v) is 11.0. The maximum atomic E-state index is 12.6. The number of amides is 2. The van der Waals surface area contributed by atoms with Crippen molar-refractivity contribution in [3.05, 3.63) is 29.3 Å². The molecule has 0 spiro atoms. The van der Waals surface area contributed by atoms with E-state index in [-0.39, 0.29) is 47.7 Å². The summed E-state index contributed by atoms with van der Waals surface area (Å²) in [4.78, 5) is 24.9. The zero-order valence-electron chi connectivity index (χ0n) is 17.5. The highest BCUT2D eigenvalue weighted by Crippen LogP contribution is 2.60. The van der Waals surface area contributed by atoms with E-state index in [1.165, 1.54) is 0 Å². The molecule has 2 unspecified atom stereocenters. The number of carbonyl (C=O) groups is 2. The van der Waals surface area contributed by atoms with Crippen molar-refractivity contribution >= 4 is 23.4 Å². The maximum Gasteiger partial charge on any atom is 0.258 e. The minimum atomic E-state index is -0.191. The topological polar surface area (TPSA) is 88.7 Å². The van der Waals surface area contributed by atoms with Gasteiger partial charge >= 0.3 is 0 Å². The molecule has 3 N–H and O–H groups in total. The van der Waals surface area contributed by atoms with Crippen LogP contribution in [0.5, 0.6) is 5.75 Å². The lowest BCUT2D eigenvalue weighted by atomic mass is 9.44. The Morgan fingerprint density at radius 2 is 1.80 bits per heavy atom. The van der Waals surface area contributed by atoms with Crippen LogP contribution >= 0.6 is 11.6 Å². The highest BCUT2D eigenvalue weighted by molar-refractivity contribution is 6.30. The molecule has 2 atom stereocenters. The van der Waals surface area contributed by atoms with Gasteiger partial charge in [0.25, 0.3) is 5.91 Å².